The molecule has 0 aromatic heterocycles. The summed E-state index contributed by atoms with van der Waals surface area (Å²) in [4.78, 5) is 24.6. The number of halogens is 1. The van der Waals surface area contributed by atoms with Crippen LogP contribution in [0.15, 0.2) is 22.7 Å². The third-order valence-electron chi connectivity index (χ3n) is 2.68. The van der Waals surface area contributed by atoms with Crippen molar-refractivity contribution in [2.24, 2.45) is 0 Å². The zero-order chi connectivity index (χ0) is 15.1. The Bertz CT molecular complexity index is 493. The van der Waals surface area contributed by atoms with Gasteiger partial charge in [-0.25, -0.2) is 9.59 Å². The molecule has 1 aromatic carbocycles. The van der Waals surface area contributed by atoms with E-state index < -0.39 is 5.97 Å². The number of carbonyl (C=O) groups is 2. The van der Waals surface area contributed by atoms with Crippen molar-refractivity contribution in [3.63, 3.8) is 0 Å². The maximum atomic E-state index is 12.0. The highest BCUT2D eigenvalue weighted by atomic mass is 79.9. The molecule has 110 valence electrons. The quantitative estimate of drug-likeness (QED) is 0.831. The number of carboxylic acids is 1. The molecule has 0 saturated carbocycles. The molecule has 2 N–H and O–H groups in total. The van der Waals surface area contributed by atoms with Crippen LogP contribution in [0.4, 0.5) is 10.5 Å². The number of urea groups is 1. The fourth-order valence-corrected chi connectivity index (χ4v) is 1.99. The molecule has 1 aromatic rings. The lowest BCUT2D eigenvalue weighted by Crippen LogP contribution is -2.37. The van der Waals surface area contributed by atoms with Gasteiger partial charge in [-0.1, -0.05) is 0 Å². The number of methoxy groups -OCH3 is 1. The Morgan fingerprint density at radius 1 is 1.45 bits per heavy atom. The lowest BCUT2D eigenvalue weighted by Gasteiger charge is -2.21. The number of nitrogens with one attached hydrogen (secondary N) is 1. The average molecular weight is 345 g/mol. The lowest BCUT2D eigenvalue weighted by atomic mass is 10.2. The molecule has 0 unspecified atom stereocenters. The van der Waals surface area contributed by atoms with Gasteiger partial charge in [-0.3, -0.25) is 0 Å². The number of carboxylic acid groups (broad SMARTS) is 1. The van der Waals surface area contributed by atoms with Crippen molar-refractivity contribution in [2.45, 2.75) is 6.92 Å². The molecule has 0 aliphatic rings. The summed E-state index contributed by atoms with van der Waals surface area (Å²) in [6.45, 7) is 3.32. The molecule has 20 heavy (non-hydrogen) atoms. The SMILES string of the molecule is CCN(CCOC)C(=O)Nc1ccc(Br)c(C(=O)O)c1. The van der Waals surface area contributed by atoms with Crippen LogP contribution in [0, 0.1) is 0 Å². The number of amides is 2. The molecular formula is C13H17BrN2O4. The first-order valence-electron chi connectivity index (χ1n) is 6.07. The van der Waals surface area contributed by atoms with Gasteiger partial charge in [-0.2, -0.15) is 0 Å². The van der Waals surface area contributed by atoms with Crippen LogP contribution in [-0.4, -0.2) is 48.8 Å². The third-order valence-corrected chi connectivity index (χ3v) is 3.37. The topological polar surface area (TPSA) is 78.9 Å². The first-order chi connectivity index (χ1) is 9.49. The van der Waals surface area contributed by atoms with Crippen LogP contribution < -0.4 is 5.32 Å². The molecule has 0 fully saturated rings. The van der Waals surface area contributed by atoms with E-state index in [2.05, 4.69) is 21.2 Å². The number of benzene rings is 1. The molecule has 7 heteroatoms. The summed E-state index contributed by atoms with van der Waals surface area (Å²) in [6.07, 6.45) is 0. The van der Waals surface area contributed by atoms with E-state index in [1.165, 1.54) is 6.07 Å². The van der Waals surface area contributed by atoms with E-state index in [1.54, 1.807) is 24.1 Å². The van der Waals surface area contributed by atoms with Crippen molar-refractivity contribution in [2.75, 3.05) is 32.1 Å². The summed E-state index contributed by atoms with van der Waals surface area (Å²) in [5.41, 5.74) is 0.536. The average Bonchev–Trinajstić information content (AvgIpc) is 2.41. The molecular weight excluding hydrogens is 328 g/mol. The lowest BCUT2D eigenvalue weighted by molar-refractivity contribution is 0.0696. The molecule has 6 nitrogen and oxygen atoms in total. The summed E-state index contributed by atoms with van der Waals surface area (Å²) in [7, 11) is 1.57. The Balaban J connectivity index is 2.79. The molecule has 0 spiro atoms. The molecule has 0 atom stereocenters. The van der Waals surface area contributed by atoms with Gasteiger partial charge in [-0.05, 0) is 41.1 Å². The summed E-state index contributed by atoms with van der Waals surface area (Å²) < 4.78 is 5.40. The number of aromatic carboxylic acids is 1. The number of rotatable bonds is 6. The maximum absolute atomic E-state index is 12.0. The van der Waals surface area contributed by atoms with Crippen LogP contribution in [0.5, 0.6) is 0 Å². The van der Waals surface area contributed by atoms with Gasteiger partial charge in [0.1, 0.15) is 0 Å². The highest BCUT2D eigenvalue weighted by Gasteiger charge is 2.14. The Morgan fingerprint density at radius 3 is 2.70 bits per heavy atom. The van der Waals surface area contributed by atoms with E-state index in [1.807, 2.05) is 6.92 Å². The van der Waals surface area contributed by atoms with Crippen molar-refractivity contribution < 1.29 is 19.4 Å². The summed E-state index contributed by atoms with van der Waals surface area (Å²) >= 11 is 3.15. The van der Waals surface area contributed by atoms with Gasteiger partial charge in [0.2, 0.25) is 0 Å². The second kappa shape index (κ2) is 7.86. The van der Waals surface area contributed by atoms with Crippen molar-refractivity contribution in [1.29, 1.82) is 0 Å². The van der Waals surface area contributed by atoms with E-state index in [0.717, 1.165) is 0 Å². The zero-order valence-electron chi connectivity index (χ0n) is 11.4. The molecule has 0 aliphatic carbocycles. The van der Waals surface area contributed by atoms with Crippen LogP contribution in [0.3, 0.4) is 0 Å². The van der Waals surface area contributed by atoms with E-state index >= 15 is 0 Å². The van der Waals surface area contributed by atoms with Crippen LogP contribution in [0.1, 0.15) is 17.3 Å². The zero-order valence-corrected chi connectivity index (χ0v) is 12.9. The van der Waals surface area contributed by atoms with Crippen LogP contribution in [0.25, 0.3) is 0 Å². The Kier molecular flexibility index (Phi) is 6.47. The van der Waals surface area contributed by atoms with Crippen molar-refractivity contribution in [1.82, 2.24) is 4.90 Å². The number of ether oxygens (including phenoxy) is 1. The highest BCUT2D eigenvalue weighted by Crippen LogP contribution is 2.21. The Labute approximate surface area is 125 Å². The van der Waals surface area contributed by atoms with Crippen LogP contribution >= 0.6 is 15.9 Å². The van der Waals surface area contributed by atoms with E-state index in [-0.39, 0.29) is 11.6 Å². The van der Waals surface area contributed by atoms with E-state index in [0.29, 0.717) is 29.9 Å². The minimum atomic E-state index is -1.06. The fourth-order valence-electron chi connectivity index (χ4n) is 1.57. The smallest absolute Gasteiger partial charge is 0.336 e. The first kappa shape index (κ1) is 16.5. The van der Waals surface area contributed by atoms with Gasteiger partial charge in [0.15, 0.2) is 0 Å². The molecule has 0 bridgehead atoms. The van der Waals surface area contributed by atoms with Gasteiger partial charge in [0.25, 0.3) is 0 Å². The standard InChI is InChI=1S/C13H17BrN2O4/c1-3-16(6-7-20-2)13(19)15-9-4-5-11(14)10(8-9)12(17)18/h4-5,8H,3,6-7H2,1-2H3,(H,15,19)(H,17,18). The largest absolute Gasteiger partial charge is 0.478 e. The maximum Gasteiger partial charge on any atom is 0.336 e. The summed E-state index contributed by atoms with van der Waals surface area (Å²) in [5, 5.41) is 11.7. The number of hydrogen-bond donors (Lipinski definition) is 2. The summed E-state index contributed by atoms with van der Waals surface area (Å²) in [5.74, 6) is -1.06. The van der Waals surface area contributed by atoms with Gasteiger partial charge in [-0.15, -0.1) is 0 Å². The molecule has 0 saturated heterocycles. The fraction of sp³-hybridized carbons (Fsp3) is 0.385. The third kappa shape index (κ3) is 4.50. The molecule has 0 heterocycles. The van der Waals surface area contributed by atoms with Crippen molar-refractivity contribution in [3.8, 4) is 0 Å². The molecule has 0 radical (unpaired) electrons. The molecule has 1 rings (SSSR count). The van der Waals surface area contributed by atoms with Gasteiger partial charge in [0.05, 0.1) is 12.2 Å². The highest BCUT2D eigenvalue weighted by molar-refractivity contribution is 9.10. The van der Waals surface area contributed by atoms with Gasteiger partial charge < -0.3 is 20.1 Å². The Hall–Kier alpha value is -1.60. The van der Waals surface area contributed by atoms with Crippen molar-refractivity contribution in [3.05, 3.63) is 28.2 Å². The predicted octanol–water partition coefficient (Wildman–Crippen LogP) is 2.65. The van der Waals surface area contributed by atoms with E-state index in [9.17, 15) is 9.59 Å². The van der Waals surface area contributed by atoms with Crippen LogP contribution in [0.2, 0.25) is 0 Å². The normalized spacial score (nSPS) is 10.2. The number of nitrogens with zero attached hydrogens (tertiary/aromatic N) is 1. The minimum absolute atomic E-state index is 0.0998. The van der Waals surface area contributed by atoms with Gasteiger partial charge in [0, 0.05) is 30.4 Å². The summed E-state index contributed by atoms with van der Waals surface area (Å²) in [6, 6.07) is 4.35. The number of likely N-dealkylation sites (N-methyl/N-ethyl adjacent to an activating group) is 1. The molecule has 2 amide bonds. The van der Waals surface area contributed by atoms with E-state index in [4.69, 9.17) is 9.84 Å². The van der Waals surface area contributed by atoms with Crippen molar-refractivity contribution >= 4 is 33.6 Å². The van der Waals surface area contributed by atoms with Crippen LogP contribution in [-0.2, 0) is 4.74 Å². The second-order valence-corrected chi connectivity index (χ2v) is 4.86. The Morgan fingerprint density at radius 2 is 2.15 bits per heavy atom. The number of hydrogen-bond acceptors (Lipinski definition) is 3. The monoisotopic (exact) mass is 344 g/mol. The first-order valence-corrected chi connectivity index (χ1v) is 6.86. The molecule has 0 aliphatic heterocycles. The number of carbonyl (C=O) groups excluding carboxylic acids is 1. The van der Waals surface area contributed by atoms with Gasteiger partial charge >= 0.3 is 12.0 Å². The minimum Gasteiger partial charge on any atom is -0.478 e. The second-order valence-electron chi connectivity index (χ2n) is 4.00. The predicted molar refractivity (Wildman–Crippen MR) is 79.2 cm³/mol. The number of anilines is 1.